The average Bonchev–Trinajstić information content (AvgIpc) is 2.83. The van der Waals surface area contributed by atoms with Crippen LogP contribution in [0.4, 0.5) is 11.4 Å². The van der Waals surface area contributed by atoms with E-state index in [0.717, 1.165) is 9.80 Å². The summed E-state index contributed by atoms with van der Waals surface area (Å²) in [6, 6.07) is 20.8. The molecule has 0 spiro atoms. The standard InChI is InChI=1S/C28H18N2O4/c1-15-13-19-24-22(28(34)30(25(19)31)18-11-7-4-8-12-18)16(2)14-20-23(24)21(15)27(33)29(26(20)32)17-9-5-3-6-10-17/h3-14H,1-2H3. The second-order valence-corrected chi connectivity index (χ2v) is 8.54. The molecule has 0 saturated carbocycles. The lowest BCUT2D eigenvalue weighted by molar-refractivity contribution is 0.0872. The van der Waals surface area contributed by atoms with E-state index in [0.29, 0.717) is 55.5 Å². The first kappa shape index (κ1) is 20.1. The number of carbonyl (C=O) groups is 4. The van der Waals surface area contributed by atoms with Gasteiger partial charge in [0.05, 0.1) is 22.5 Å². The second-order valence-electron chi connectivity index (χ2n) is 8.54. The van der Waals surface area contributed by atoms with E-state index in [9.17, 15) is 19.2 Å². The molecule has 0 N–H and O–H groups in total. The number of amides is 4. The second kappa shape index (κ2) is 6.96. The zero-order chi connectivity index (χ0) is 23.7. The van der Waals surface area contributed by atoms with Gasteiger partial charge in [-0.25, -0.2) is 9.80 Å². The van der Waals surface area contributed by atoms with Gasteiger partial charge in [0.15, 0.2) is 0 Å². The number of aryl methyl sites for hydroxylation is 2. The number of para-hydroxylation sites is 2. The fraction of sp³-hybridized carbons (Fsp3) is 0.0714. The molecule has 0 saturated heterocycles. The van der Waals surface area contributed by atoms with Crippen molar-refractivity contribution in [3.05, 3.63) is 106 Å². The normalized spacial score (nSPS) is 14.9. The quantitative estimate of drug-likeness (QED) is 0.404. The monoisotopic (exact) mass is 446 g/mol. The third-order valence-electron chi connectivity index (χ3n) is 6.53. The fourth-order valence-corrected chi connectivity index (χ4v) is 5.07. The third kappa shape index (κ3) is 2.50. The SMILES string of the molecule is Cc1cc2c3c(c(C)cc4c3c1C(=O)N(c1ccccc1)C4=O)C(=O)N(c1ccccc1)C2=O. The largest absolute Gasteiger partial charge is 0.268 e. The van der Waals surface area contributed by atoms with E-state index in [2.05, 4.69) is 0 Å². The van der Waals surface area contributed by atoms with Crippen LogP contribution in [-0.2, 0) is 0 Å². The summed E-state index contributed by atoms with van der Waals surface area (Å²) in [6.45, 7) is 3.50. The summed E-state index contributed by atoms with van der Waals surface area (Å²) in [7, 11) is 0. The molecule has 2 aliphatic rings. The lowest BCUT2D eigenvalue weighted by Gasteiger charge is -2.33. The molecular weight excluding hydrogens is 428 g/mol. The number of hydrogen-bond acceptors (Lipinski definition) is 4. The first-order valence-corrected chi connectivity index (χ1v) is 10.9. The number of rotatable bonds is 2. The fourth-order valence-electron chi connectivity index (χ4n) is 5.07. The summed E-state index contributed by atoms with van der Waals surface area (Å²) in [5, 5.41) is 0.763. The molecule has 6 nitrogen and oxygen atoms in total. The first-order chi connectivity index (χ1) is 16.4. The van der Waals surface area contributed by atoms with Crippen LogP contribution in [0.1, 0.15) is 52.6 Å². The minimum absolute atomic E-state index is 0.313. The number of nitrogens with zero attached hydrogens (tertiary/aromatic N) is 2. The van der Waals surface area contributed by atoms with Crippen LogP contribution in [0.3, 0.4) is 0 Å². The highest BCUT2D eigenvalue weighted by Crippen LogP contribution is 2.42. The smallest absolute Gasteiger partial charge is 0.266 e. The Balaban J connectivity index is 1.67. The Labute approximate surface area is 195 Å². The Hall–Kier alpha value is -4.58. The summed E-state index contributed by atoms with van der Waals surface area (Å²) in [5.74, 6) is -1.87. The van der Waals surface area contributed by atoms with Crippen molar-refractivity contribution < 1.29 is 19.2 Å². The van der Waals surface area contributed by atoms with Crippen molar-refractivity contribution in [2.24, 2.45) is 0 Å². The van der Waals surface area contributed by atoms with Crippen LogP contribution in [-0.4, -0.2) is 23.6 Å². The maximum absolute atomic E-state index is 13.6. The first-order valence-electron chi connectivity index (χ1n) is 10.9. The van der Waals surface area contributed by atoms with E-state index in [1.807, 2.05) is 12.1 Å². The molecule has 4 aromatic rings. The van der Waals surface area contributed by atoms with E-state index in [1.165, 1.54) is 0 Å². The molecule has 0 aliphatic carbocycles. The summed E-state index contributed by atoms with van der Waals surface area (Å²) < 4.78 is 0. The minimum atomic E-state index is -0.472. The molecule has 4 aromatic carbocycles. The summed E-state index contributed by atoms with van der Waals surface area (Å²) >= 11 is 0. The molecule has 4 amide bonds. The maximum Gasteiger partial charge on any atom is 0.266 e. The summed E-state index contributed by atoms with van der Waals surface area (Å²) in [4.78, 5) is 56.7. The van der Waals surface area contributed by atoms with Crippen molar-refractivity contribution in [3.8, 4) is 0 Å². The lowest BCUT2D eigenvalue weighted by Crippen LogP contribution is -2.44. The van der Waals surface area contributed by atoms with Crippen molar-refractivity contribution in [2.45, 2.75) is 13.8 Å². The van der Waals surface area contributed by atoms with Crippen molar-refractivity contribution in [1.29, 1.82) is 0 Å². The Morgan fingerprint density at radius 3 is 1.21 bits per heavy atom. The molecule has 2 aliphatic heterocycles. The molecule has 2 heterocycles. The number of imide groups is 2. The molecule has 0 fully saturated rings. The summed E-state index contributed by atoms with van der Waals surface area (Å²) in [5.41, 5.74) is 3.40. The lowest BCUT2D eigenvalue weighted by atomic mass is 9.81. The molecule has 34 heavy (non-hydrogen) atoms. The van der Waals surface area contributed by atoms with Gasteiger partial charge >= 0.3 is 0 Å². The summed E-state index contributed by atoms with van der Waals surface area (Å²) in [6.07, 6.45) is 0. The van der Waals surface area contributed by atoms with Gasteiger partial charge in [0, 0.05) is 21.9 Å². The van der Waals surface area contributed by atoms with E-state index < -0.39 is 23.6 Å². The van der Waals surface area contributed by atoms with Crippen LogP contribution in [0.2, 0.25) is 0 Å². The molecule has 0 unspecified atom stereocenters. The zero-order valence-corrected chi connectivity index (χ0v) is 18.5. The predicted molar refractivity (Wildman–Crippen MR) is 129 cm³/mol. The van der Waals surface area contributed by atoms with Crippen LogP contribution in [0.25, 0.3) is 10.8 Å². The highest BCUT2D eigenvalue weighted by atomic mass is 16.2. The number of benzene rings is 4. The predicted octanol–water partition coefficient (Wildman–Crippen LogP) is 5.06. The van der Waals surface area contributed by atoms with Crippen LogP contribution in [0.15, 0.2) is 72.8 Å². The third-order valence-corrected chi connectivity index (χ3v) is 6.53. The Morgan fingerprint density at radius 2 is 0.853 bits per heavy atom. The maximum atomic E-state index is 13.6. The van der Waals surface area contributed by atoms with E-state index >= 15 is 0 Å². The molecule has 164 valence electrons. The van der Waals surface area contributed by atoms with Gasteiger partial charge in [0.2, 0.25) is 0 Å². The topological polar surface area (TPSA) is 74.8 Å². The van der Waals surface area contributed by atoms with Gasteiger partial charge < -0.3 is 0 Å². The van der Waals surface area contributed by atoms with Crippen molar-refractivity contribution in [1.82, 2.24) is 0 Å². The van der Waals surface area contributed by atoms with E-state index in [4.69, 9.17) is 0 Å². The van der Waals surface area contributed by atoms with Crippen LogP contribution in [0.5, 0.6) is 0 Å². The van der Waals surface area contributed by atoms with Crippen molar-refractivity contribution in [2.75, 3.05) is 9.80 Å². The van der Waals surface area contributed by atoms with E-state index in [-0.39, 0.29) is 0 Å². The van der Waals surface area contributed by atoms with Crippen LogP contribution >= 0.6 is 0 Å². The molecule has 6 rings (SSSR count). The van der Waals surface area contributed by atoms with Crippen LogP contribution in [0, 0.1) is 13.8 Å². The van der Waals surface area contributed by atoms with Crippen molar-refractivity contribution >= 4 is 45.8 Å². The van der Waals surface area contributed by atoms with Gasteiger partial charge in [-0.3, -0.25) is 19.2 Å². The van der Waals surface area contributed by atoms with Gasteiger partial charge in [-0.15, -0.1) is 0 Å². The molecule has 0 aromatic heterocycles. The van der Waals surface area contributed by atoms with Crippen LogP contribution < -0.4 is 9.80 Å². The highest BCUT2D eigenvalue weighted by molar-refractivity contribution is 6.42. The minimum Gasteiger partial charge on any atom is -0.268 e. The van der Waals surface area contributed by atoms with Gasteiger partial charge in [-0.05, 0) is 61.4 Å². The van der Waals surface area contributed by atoms with Gasteiger partial charge in [-0.1, -0.05) is 36.4 Å². The average molecular weight is 446 g/mol. The van der Waals surface area contributed by atoms with Gasteiger partial charge in [0.25, 0.3) is 23.6 Å². The molecule has 6 heteroatoms. The molecule has 0 bridgehead atoms. The molecule has 0 radical (unpaired) electrons. The highest BCUT2D eigenvalue weighted by Gasteiger charge is 2.42. The van der Waals surface area contributed by atoms with Gasteiger partial charge in [0.1, 0.15) is 0 Å². The molecular formula is C28H18N2O4. The van der Waals surface area contributed by atoms with Crippen molar-refractivity contribution in [3.63, 3.8) is 0 Å². The zero-order valence-electron chi connectivity index (χ0n) is 18.5. The van der Waals surface area contributed by atoms with E-state index in [1.54, 1.807) is 74.5 Å². The Bertz CT molecular complexity index is 1470. The number of hydrogen-bond donors (Lipinski definition) is 0. The Kier molecular flexibility index (Phi) is 4.10. The van der Waals surface area contributed by atoms with Gasteiger partial charge in [-0.2, -0.15) is 0 Å². The molecule has 0 atom stereocenters. The number of anilines is 2. The Morgan fingerprint density at radius 1 is 0.500 bits per heavy atom. The number of carbonyl (C=O) groups excluding carboxylic acids is 4.